The molecule has 0 aromatic carbocycles. The Morgan fingerprint density at radius 2 is 1.54 bits per heavy atom. The van der Waals surface area contributed by atoms with Gasteiger partial charge < -0.3 is 5.11 Å². The Morgan fingerprint density at radius 3 is 1.62 bits per heavy atom. The van der Waals surface area contributed by atoms with Crippen molar-refractivity contribution in [3.8, 4) is 0 Å². The van der Waals surface area contributed by atoms with Crippen LogP contribution in [-0.2, 0) is 0 Å². The molecule has 0 fully saturated rings. The Morgan fingerprint density at radius 1 is 1.15 bits per heavy atom. The van der Waals surface area contributed by atoms with E-state index in [4.69, 9.17) is 5.11 Å². The molecule has 0 aliphatic rings. The zero-order valence-corrected chi connectivity index (χ0v) is 8.92. The Balaban J connectivity index is -0.000000142. The summed E-state index contributed by atoms with van der Waals surface area (Å²) >= 11 is 0. The number of aliphatic hydroxyl groups is 1. The van der Waals surface area contributed by atoms with Gasteiger partial charge in [0.15, 0.2) is 0 Å². The summed E-state index contributed by atoms with van der Waals surface area (Å²) < 4.78 is 0. The summed E-state index contributed by atoms with van der Waals surface area (Å²) in [5, 5.41) is 8.44. The molecular formula is C12H22O. The Kier molecular flexibility index (Phi) is 30.6. The molecule has 0 unspecified atom stereocenters. The van der Waals surface area contributed by atoms with Crippen molar-refractivity contribution in [2.45, 2.75) is 26.7 Å². The molecule has 0 saturated carbocycles. The summed E-state index contributed by atoms with van der Waals surface area (Å²) in [6.45, 7) is 17.5. The molecule has 0 atom stereocenters. The first-order valence-corrected chi connectivity index (χ1v) is 4.40. The molecule has 76 valence electrons. The van der Waals surface area contributed by atoms with Crippen LogP contribution in [-0.4, -0.2) is 5.11 Å². The number of aliphatic hydroxyl groups excluding tert-OH is 1. The molecule has 0 aliphatic carbocycles. The largest absolute Gasteiger partial charge is 0.513 e. The van der Waals surface area contributed by atoms with E-state index in [9.17, 15) is 0 Å². The minimum atomic E-state index is 0.236. The number of allylic oxidation sites excluding steroid dienone is 4. The fraction of sp³-hybridized carbons (Fsp3) is 0.333. The van der Waals surface area contributed by atoms with Gasteiger partial charge in [0, 0.05) is 6.42 Å². The second-order valence-corrected chi connectivity index (χ2v) is 1.86. The van der Waals surface area contributed by atoms with Gasteiger partial charge >= 0.3 is 0 Å². The maximum atomic E-state index is 8.44. The molecule has 1 heteroatoms. The van der Waals surface area contributed by atoms with E-state index < -0.39 is 0 Å². The molecule has 0 aromatic rings. The van der Waals surface area contributed by atoms with Crippen LogP contribution in [0.1, 0.15) is 26.7 Å². The van der Waals surface area contributed by atoms with Crippen molar-refractivity contribution < 1.29 is 5.11 Å². The van der Waals surface area contributed by atoms with Gasteiger partial charge in [-0.2, -0.15) is 0 Å². The molecule has 13 heavy (non-hydrogen) atoms. The summed E-state index contributed by atoms with van der Waals surface area (Å²) in [5.74, 6) is 0.236. The van der Waals surface area contributed by atoms with Gasteiger partial charge in [-0.05, 0) is 6.42 Å². The van der Waals surface area contributed by atoms with Crippen LogP contribution in [0.15, 0.2) is 50.3 Å². The van der Waals surface area contributed by atoms with E-state index in [0.717, 1.165) is 6.42 Å². The van der Waals surface area contributed by atoms with Crippen LogP contribution in [0.3, 0.4) is 0 Å². The van der Waals surface area contributed by atoms with Gasteiger partial charge in [0.2, 0.25) is 0 Å². The van der Waals surface area contributed by atoms with Crippen molar-refractivity contribution in [1.29, 1.82) is 0 Å². The Hall–Kier alpha value is -1.24. The van der Waals surface area contributed by atoms with Gasteiger partial charge in [-0.15, -0.1) is 6.58 Å². The third-order valence-electron chi connectivity index (χ3n) is 0.804. The summed E-state index contributed by atoms with van der Waals surface area (Å²) in [5.41, 5.74) is 0. The molecule has 1 N–H and O–H groups in total. The molecule has 0 spiro atoms. The second kappa shape index (κ2) is 22.4. The van der Waals surface area contributed by atoms with Gasteiger partial charge in [-0.3, -0.25) is 0 Å². The normalized spacial score (nSPS) is 6.31. The molecule has 0 heterocycles. The van der Waals surface area contributed by atoms with E-state index in [1.807, 2.05) is 13.8 Å². The number of rotatable bonds is 4. The molecule has 0 aromatic heterocycles. The SMILES string of the molecule is C=CC=C.C=CCCC(=C)O.CC. The van der Waals surface area contributed by atoms with Crippen molar-refractivity contribution in [3.05, 3.63) is 50.3 Å². The fourth-order valence-corrected chi connectivity index (χ4v) is 0.269. The first-order chi connectivity index (χ1) is 6.18. The van der Waals surface area contributed by atoms with Gasteiger partial charge in [-0.1, -0.05) is 51.8 Å². The molecule has 0 radical (unpaired) electrons. The van der Waals surface area contributed by atoms with E-state index in [1.165, 1.54) is 0 Å². The lowest BCUT2D eigenvalue weighted by Gasteiger charge is -1.88. The molecule has 0 bridgehead atoms. The average molecular weight is 182 g/mol. The highest BCUT2D eigenvalue weighted by atomic mass is 16.3. The monoisotopic (exact) mass is 182 g/mol. The highest BCUT2D eigenvalue weighted by Crippen LogP contribution is 1.95. The number of hydrogen-bond donors (Lipinski definition) is 1. The van der Waals surface area contributed by atoms with Gasteiger partial charge in [0.1, 0.15) is 0 Å². The molecule has 0 aliphatic heterocycles. The van der Waals surface area contributed by atoms with Gasteiger partial charge in [0.05, 0.1) is 5.76 Å². The van der Waals surface area contributed by atoms with Crippen molar-refractivity contribution >= 4 is 0 Å². The molecule has 1 nitrogen and oxygen atoms in total. The molecule has 0 rings (SSSR count). The predicted molar refractivity (Wildman–Crippen MR) is 62.9 cm³/mol. The van der Waals surface area contributed by atoms with E-state index in [2.05, 4.69) is 26.3 Å². The van der Waals surface area contributed by atoms with Crippen molar-refractivity contribution in [1.82, 2.24) is 0 Å². The van der Waals surface area contributed by atoms with Crippen LogP contribution in [0, 0.1) is 0 Å². The van der Waals surface area contributed by atoms with Crippen LogP contribution >= 0.6 is 0 Å². The lowest BCUT2D eigenvalue weighted by Crippen LogP contribution is -1.73. The maximum Gasteiger partial charge on any atom is 0.0854 e. The second-order valence-electron chi connectivity index (χ2n) is 1.86. The zero-order valence-electron chi connectivity index (χ0n) is 8.92. The van der Waals surface area contributed by atoms with Crippen LogP contribution in [0.4, 0.5) is 0 Å². The summed E-state index contributed by atoms with van der Waals surface area (Å²) in [7, 11) is 0. The third kappa shape index (κ3) is 58.4. The molecular weight excluding hydrogens is 160 g/mol. The first kappa shape index (κ1) is 17.7. The van der Waals surface area contributed by atoms with E-state index >= 15 is 0 Å². The lowest BCUT2D eigenvalue weighted by molar-refractivity contribution is 0.392. The highest BCUT2D eigenvalue weighted by Gasteiger charge is 1.81. The number of hydrogen-bond acceptors (Lipinski definition) is 1. The van der Waals surface area contributed by atoms with Crippen molar-refractivity contribution in [2.75, 3.05) is 0 Å². The summed E-state index contributed by atoms with van der Waals surface area (Å²) in [6.07, 6.45) is 6.49. The van der Waals surface area contributed by atoms with Crippen LogP contribution in [0.5, 0.6) is 0 Å². The van der Waals surface area contributed by atoms with E-state index in [-0.39, 0.29) is 5.76 Å². The first-order valence-electron chi connectivity index (χ1n) is 4.40. The van der Waals surface area contributed by atoms with Crippen molar-refractivity contribution in [2.24, 2.45) is 0 Å². The quantitative estimate of drug-likeness (QED) is 0.388. The third-order valence-corrected chi connectivity index (χ3v) is 0.804. The lowest BCUT2D eigenvalue weighted by atomic mass is 10.3. The maximum absolute atomic E-state index is 8.44. The van der Waals surface area contributed by atoms with Gasteiger partial charge in [-0.25, -0.2) is 0 Å². The summed E-state index contributed by atoms with van der Waals surface area (Å²) in [4.78, 5) is 0. The minimum Gasteiger partial charge on any atom is -0.513 e. The van der Waals surface area contributed by atoms with Crippen LogP contribution in [0.25, 0.3) is 0 Å². The average Bonchev–Trinajstić information content (AvgIpc) is 2.18. The topological polar surface area (TPSA) is 20.2 Å². The van der Waals surface area contributed by atoms with E-state index in [1.54, 1.807) is 18.2 Å². The summed E-state index contributed by atoms with van der Waals surface area (Å²) in [6, 6.07) is 0. The molecule has 0 amide bonds. The standard InChI is InChI=1S/C6H10O.C4H6.C2H6/c1-3-4-5-6(2)7;1-3-4-2;1-2/h3,7H,1-2,4-5H2;3-4H,1-2H2;1-2H3. The zero-order chi connectivity index (χ0) is 11.1. The van der Waals surface area contributed by atoms with Gasteiger partial charge in [0.25, 0.3) is 0 Å². The Labute approximate surface area is 82.8 Å². The van der Waals surface area contributed by atoms with Crippen LogP contribution in [0.2, 0.25) is 0 Å². The highest BCUT2D eigenvalue weighted by molar-refractivity contribution is 4.88. The Bertz CT molecular complexity index is 128. The van der Waals surface area contributed by atoms with E-state index in [0.29, 0.717) is 6.42 Å². The predicted octanol–water partition coefficient (Wildman–Crippen LogP) is 4.41. The smallest absolute Gasteiger partial charge is 0.0854 e. The minimum absolute atomic E-state index is 0.236. The fourth-order valence-electron chi connectivity index (χ4n) is 0.269. The van der Waals surface area contributed by atoms with Crippen LogP contribution < -0.4 is 0 Å². The van der Waals surface area contributed by atoms with Crippen molar-refractivity contribution in [3.63, 3.8) is 0 Å². The molecule has 0 saturated heterocycles.